The van der Waals surface area contributed by atoms with Gasteiger partial charge >= 0.3 is 0 Å². The van der Waals surface area contributed by atoms with Crippen LogP contribution >= 0.6 is 15.9 Å². The minimum Gasteiger partial charge on any atom is -0.457 e. The van der Waals surface area contributed by atoms with Gasteiger partial charge in [-0.3, -0.25) is 0 Å². The van der Waals surface area contributed by atoms with Gasteiger partial charge in [-0.25, -0.2) is 0 Å². The molecule has 0 amide bonds. The molecule has 1 N–H and O–H groups in total. The minimum atomic E-state index is 0.226. The molecule has 2 rings (SSSR count). The summed E-state index contributed by atoms with van der Waals surface area (Å²) in [6.07, 6.45) is 0. The zero-order chi connectivity index (χ0) is 15.6. The number of rotatable bonds is 4. The summed E-state index contributed by atoms with van der Waals surface area (Å²) < 4.78 is 7.28. The van der Waals surface area contributed by atoms with Crippen LogP contribution in [0.25, 0.3) is 0 Å². The fourth-order valence-corrected chi connectivity index (χ4v) is 2.71. The molecule has 0 heterocycles. The Morgan fingerprint density at radius 1 is 1.05 bits per heavy atom. The van der Waals surface area contributed by atoms with E-state index in [1.165, 1.54) is 16.7 Å². The maximum absolute atomic E-state index is 6.22. The highest BCUT2D eigenvalue weighted by molar-refractivity contribution is 9.10. The predicted molar refractivity (Wildman–Crippen MR) is 92.3 cm³/mol. The van der Waals surface area contributed by atoms with Gasteiger partial charge in [-0.05, 0) is 75.7 Å². The molecule has 1 atom stereocenters. The zero-order valence-corrected chi connectivity index (χ0v) is 14.8. The molecular formula is C18H22BrNO. The second-order valence-electron chi connectivity index (χ2n) is 5.50. The van der Waals surface area contributed by atoms with Gasteiger partial charge in [-0.1, -0.05) is 22.0 Å². The molecule has 0 aromatic heterocycles. The van der Waals surface area contributed by atoms with E-state index < -0.39 is 0 Å². The quantitative estimate of drug-likeness (QED) is 0.794. The smallest absolute Gasteiger partial charge is 0.132 e. The molecule has 0 saturated heterocycles. The first-order chi connectivity index (χ1) is 9.92. The van der Waals surface area contributed by atoms with Crippen LogP contribution in [-0.4, -0.2) is 7.05 Å². The number of benzene rings is 2. The second kappa shape index (κ2) is 6.63. The van der Waals surface area contributed by atoms with E-state index in [1.807, 2.05) is 19.2 Å². The molecule has 0 aliphatic heterocycles. The van der Waals surface area contributed by atoms with Crippen LogP contribution in [0.3, 0.4) is 0 Å². The molecule has 3 heteroatoms. The van der Waals surface area contributed by atoms with Crippen LogP contribution in [0.15, 0.2) is 34.8 Å². The van der Waals surface area contributed by atoms with Crippen molar-refractivity contribution in [3.05, 3.63) is 57.1 Å². The van der Waals surface area contributed by atoms with Crippen LogP contribution in [-0.2, 0) is 0 Å². The highest BCUT2D eigenvalue weighted by Gasteiger charge is 2.13. The number of aryl methyl sites for hydroxylation is 2. The topological polar surface area (TPSA) is 21.3 Å². The lowest BCUT2D eigenvalue weighted by Crippen LogP contribution is -2.13. The monoisotopic (exact) mass is 347 g/mol. The van der Waals surface area contributed by atoms with E-state index in [4.69, 9.17) is 4.74 Å². The molecule has 21 heavy (non-hydrogen) atoms. The number of nitrogens with one attached hydrogen (secondary N) is 1. The SMILES string of the molecule is CNC(C)c1cc(Br)ccc1Oc1cc(C)cc(C)c1C. The highest BCUT2D eigenvalue weighted by atomic mass is 79.9. The van der Waals surface area contributed by atoms with E-state index in [9.17, 15) is 0 Å². The third kappa shape index (κ3) is 3.66. The highest BCUT2D eigenvalue weighted by Crippen LogP contribution is 2.34. The number of halogens is 1. The first-order valence-electron chi connectivity index (χ1n) is 7.14. The van der Waals surface area contributed by atoms with Gasteiger partial charge in [0.05, 0.1) is 0 Å². The molecule has 112 valence electrons. The lowest BCUT2D eigenvalue weighted by atomic mass is 10.0. The van der Waals surface area contributed by atoms with Gasteiger partial charge < -0.3 is 10.1 Å². The Kier molecular flexibility index (Phi) is 5.07. The van der Waals surface area contributed by atoms with Gasteiger partial charge in [0.15, 0.2) is 0 Å². The van der Waals surface area contributed by atoms with Crippen LogP contribution in [0, 0.1) is 20.8 Å². The molecule has 0 aliphatic carbocycles. The van der Waals surface area contributed by atoms with Gasteiger partial charge in [-0.15, -0.1) is 0 Å². The molecule has 0 saturated carbocycles. The summed E-state index contributed by atoms with van der Waals surface area (Å²) in [5.41, 5.74) is 4.80. The number of hydrogen-bond donors (Lipinski definition) is 1. The zero-order valence-electron chi connectivity index (χ0n) is 13.3. The summed E-state index contributed by atoms with van der Waals surface area (Å²) in [5, 5.41) is 3.27. The Balaban J connectivity index is 2.45. The third-order valence-electron chi connectivity index (χ3n) is 3.86. The summed E-state index contributed by atoms with van der Waals surface area (Å²) in [4.78, 5) is 0. The standard InChI is InChI=1S/C18H22BrNO/c1-11-8-12(2)13(3)18(9-11)21-17-7-6-15(19)10-16(17)14(4)20-5/h6-10,14,20H,1-5H3. The summed E-state index contributed by atoms with van der Waals surface area (Å²) in [5.74, 6) is 1.83. The first-order valence-corrected chi connectivity index (χ1v) is 7.94. The van der Waals surface area contributed by atoms with Crippen molar-refractivity contribution >= 4 is 15.9 Å². The normalized spacial score (nSPS) is 12.3. The predicted octanol–water partition coefficient (Wildman–Crippen LogP) is 5.45. The van der Waals surface area contributed by atoms with Crippen molar-refractivity contribution in [3.8, 4) is 11.5 Å². The van der Waals surface area contributed by atoms with E-state index in [2.05, 4.69) is 67.1 Å². The molecular weight excluding hydrogens is 326 g/mol. The fourth-order valence-electron chi connectivity index (χ4n) is 2.33. The van der Waals surface area contributed by atoms with Gasteiger partial charge in [0.2, 0.25) is 0 Å². The Morgan fingerprint density at radius 3 is 2.43 bits per heavy atom. The van der Waals surface area contributed by atoms with Gasteiger partial charge in [0, 0.05) is 16.1 Å². The fraction of sp³-hybridized carbons (Fsp3) is 0.333. The molecule has 0 aliphatic rings. The van der Waals surface area contributed by atoms with Gasteiger partial charge in [0.25, 0.3) is 0 Å². The van der Waals surface area contributed by atoms with Gasteiger partial charge in [0.1, 0.15) is 11.5 Å². The van der Waals surface area contributed by atoms with Gasteiger partial charge in [-0.2, -0.15) is 0 Å². The third-order valence-corrected chi connectivity index (χ3v) is 4.35. The summed E-state index contributed by atoms with van der Waals surface area (Å²) >= 11 is 3.53. The maximum atomic E-state index is 6.22. The summed E-state index contributed by atoms with van der Waals surface area (Å²) in [7, 11) is 1.96. The lowest BCUT2D eigenvalue weighted by Gasteiger charge is -2.18. The van der Waals surface area contributed by atoms with Crippen molar-refractivity contribution in [2.45, 2.75) is 33.7 Å². The van der Waals surface area contributed by atoms with Crippen LogP contribution in [0.1, 0.15) is 35.2 Å². The molecule has 1 unspecified atom stereocenters. The average molecular weight is 348 g/mol. The molecule has 0 fully saturated rings. The van der Waals surface area contributed by atoms with Crippen molar-refractivity contribution in [2.24, 2.45) is 0 Å². The Hall–Kier alpha value is -1.32. The maximum Gasteiger partial charge on any atom is 0.132 e. The summed E-state index contributed by atoms with van der Waals surface area (Å²) in [6, 6.07) is 10.6. The molecule has 0 spiro atoms. The average Bonchev–Trinajstić information content (AvgIpc) is 2.45. The van der Waals surface area contributed by atoms with Crippen molar-refractivity contribution in [1.82, 2.24) is 5.32 Å². The molecule has 2 aromatic carbocycles. The van der Waals surface area contributed by atoms with E-state index in [0.717, 1.165) is 21.5 Å². The molecule has 2 nitrogen and oxygen atoms in total. The van der Waals surface area contributed by atoms with Crippen LogP contribution in [0.5, 0.6) is 11.5 Å². The molecule has 0 radical (unpaired) electrons. The summed E-state index contributed by atoms with van der Waals surface area (Å²) in [6.45, 7) is 8.44. The Labute approximate surface area is 135 Å². The Morgan fingerprint density at radius 2 is 1.76 bits per heavy atom. The second-order valence-corrected chi connectivity index (χ2v) is 6.42. The molecule has 2 aromatic rings. The van der Waals surface area contributed by atoms with Crippen LogP contribution in [0.2, 0.25) is 0 Å². The van der Waals surface area contributed by atoms with Crippen molar-refractivity contribution in [1.29, 1.82) is 0 Å². The van der Waals surface area contributed by atoms with E-state index in [1.54, 1.807) is 0 Å². The van der Waals surface area contributed by atoms with E-state index >= 15 is 0 Å². The number of ether oxygens (including phenoxy) is 1. The molecule has 0 bridgehead atoms. The van der Waals surface area contributed by atoms with Crippen molar-refractivity contribution in [3.63, 3.8) is 0 Å². The minimum absolute atomic E-state index is 0.226. The van der Waals surface area contributed by atoms with Crippen LogP contribution < -0.4 is 10.1 Å². The van der Waals surface area contributed by atoms with E-state index in [-0.39, 0.29) is 6.04 Å². The van der Waals surface area contributed by atoms with Crippen molar-refractivity contribution in [2.75, 3.05) is 7.05 Å². The largest absolute Gasteiger partial charge is 0.457 e. The van der Waals surface area contributed by atoms with Crippen LogP contribution in [0.4, 0.5) is 0 Å². The Bertz CT molecular complexity index is 652. The first kappa shape index (κ1) is 16.1. The lowest BCUT2D eigenvalue weighted by molar-refractivity contribution is 0.462. The number of hydrogen-bond acceptors (Lipinski definition) is 2. The van der Waals surface area contributed by atoms with Crippen molar-refractivity contribution < 1.29 is 4.74 Å². The van der Waals surface area contributed by atoms with E-state index in [0.29, 0.717) is 0 Å².